The molecule has 22 heavy (non-hydrogen) atoms. The molecule has 3 rings (SSSR count). The van der Waals surface area contributed by atoms with Gasteiger partial charge in [-0.2, -0.15) is 4.68 Å². The second kappa shape index (κ2) is 6.02. The summed E-state index contributed by atoms with van der Waals surface area (Å²) in [5.74, 6) is -0.675. The van der Waals surface area contributed by atoms with E-state index in [0.717, 1.165) is 6.54 Å². The van der Waals surface area contributed by atoms with E-state index in [1.54, 1.807) is 0 Å². The fourth-order valence-corrected chi connectivity index (χ4v) is 2.45. The molecular weight excluding hydrogens is 289 g/mol. The number of hydrogen-bond donors (Lipinski definition) is 0. The SMILES string of the molecule is CC1CN(Cn2nc(-c3ccc(F)cc3)oc2=O)C(C)CO1. The van der Waals surface area contributed by atoms with Crippen LogP contribution in [-0.4, -0.2) is 40.0 Å². The summed E-state index contributed by atoms with van der Waals surface area (Å²) in [4.78, 5) is 14.1. The lowest BCUT2D eigenvalue weighted by Gasteiger charge is -2.36. The molecule has 1 fully saturated rings. The molecule has 2 unspecified atom stereocenters. The van der Waals surface area contributed by atoms with Crippen molar-refractivity contribution in [2.24, 2.45) is 0 Å². The third-order valence-electron chi connectivity index (χ3n) is 3.75. The van der Waals surface area contributed by atoms with Crippen LogP contribution in [-0.2, 0) is 11.4 Å². The van der Waals surface area contributed by atoms with Gasteiger partial charge in [-0.25, -0.2) is 9.18 Å². The first-order chi connectivity index (χ1) is 10.5. The van der Waals surface area contributed by atoms with Crippen molar-refractivity contribution in [1.29, 1.82) is 0 Å². The van der Waals surface area contributed by atoms with E-state index in [0.29, 0.717) is 18.8 Å². The minimum Gasteiger partial charge on any atom is -0.388 e. The summed E-state index contributed by atoms with van der Waals surface area (Å²) in [5.41, 5.74) is 0.570. The number of halogens is 1. The highest BCUT2D eigenvalue weighted by atomic mass is 19.1. The van der Waals surface area contributed by atoms with Crippen molar-refractivity contribution in [1.82, 2.24) is 14.7 Å². The van der Waals surface area contributed by atoms with Gasteiger partial charge in [-0.3, -0.25) is 4.90 Å². The van der Waals surface area contributed by atoms with Crippen LogP contribution in [0.5, 0.6) is 0 Å². The minimum atomic E-state index is -0.523. The largest absolute Gasteiger partial charge is 0.438 e. The topological polar surface area (TPSA) is 60.5 Å². The molecule has 1 aromatic heterocycles. The summed E-state index contributed by atoms with van der Waals surface area (Å²) >= 11 is 0. The van der Waals surface area contributed by atoms with Gasteiger partial charge in [0.2, 0.25) is 5.89 Å². The van der Waals surface area contributed by atoms with Gasteiger partial charge in [-0.15, -0.1) is 5.10 Å². The van der Waals surface area contributed by atoms with Crippen molar-refractivity contribution in [2.75, 3.05) is 13.2 Å². The summed E-state index contributed by atoms with van der Waals surface area (Å²) in [6.07, 6.45) is 0.121. The predicted octanol–water partition coefficient (Wildman–Crippen LogP) is 1.71. The van der Waals surface area contributed by atoms with E-state index in [4.69, 9.17) is 9.15 Å². The molecule has 2 atom stereocenters. The van der Waals surface area contributed by atoms with Gasteiger partial charge in [0, 0.05) is 18.2 Å². The van der Waals surface area contributed by atoms with Crippen molar-refractivity contribution < 1.29 is 13.5 Å². The molecule has 0 saturated carbocycles. The van der Waals surface area contributed by atoms with E-state index in [-0.39, 0.29) is 23.9 Å². The van der Waals surface area contributed by atoms with Gasteiger partial charge in [0.15, 0.2) is 0 Å². The fraction of sp³-hybridized carbons (Fsp3) is 0.467. The number of rotatable bonds is 3. The van der Waals surface area contributed by atoms with Crippen LogP contribution in [0, 0.1) is 5.82 Å². The Balaban J connectivity index is 1.80. The molecule has 0 spiro atoms. The molecule has 2 heterocycles. The number of ether oxygens (including phenoxy) is 1. The van der Waals surface area contributed by atoms with E-state index >= 15 is 0 Å². The molecule has 1 aliphatic heterocycles. The highest BCUT2D eigenvalue weighted by Gasteiger charge is 2.25. The molecule has 0 N–H and O–H groups in total. The zero-order valence-corrected chi connectivity index (χ0v) is 12.5. The zero-order chi connectivity index (χ0) is 15.7. The molecule has 6 nitrogen and oxygen atoms in total. The number of hydrogen-bond acceptors (Lipinski definition) is 5. The van der Waals surface area contributed by atoms with Crippen molar-refractivity contribution in [3.05, 3.63) is 40.6 Å². The molecule has 1 saturated heterocycles. The van der Waals surface area contributed by atoms with Crippen molar-refractivity contribution in [2.45, 2.75) is 32.7 Å². The summed E-state index contributed by atoms with van der Waals surface area (Å²) in [5, 5.41) is 4.20. The smallest absolute Gasteiger partial charge is 0.388 e. The first kappa shape index (κ1) is 14.9. The number of nitrogens with zero attached hydrogens (tertiary/aromatic N) is 3. The molecule has 0 bridgehead atoms. The van der Waals surface area contributed by atoms with E-state index < -0.39 is 5.76 Å². The number of morpholine rings is 1. The molecule has 1 aliphatic rings. The van der Waals surface area contributed by atoms with Gasteiger partial charge in [-0.05, 0) is 38.1 Å². The van der Waals surface area contributed by atoms with Crippen LogP contribution in [0.25, 0.3) is 11.5 Å². The average Bonchev–Trinajstić information content (AvgIpc) is 2.85. The van der Waals surface area contributed by atoms with Gasteiger partial charge in [0.05, 0.1) is 12.7 Å². The Morgan fingerprint density at radius 3 is 2.77 bits per heavy atom. The lowest BCUT2D eigenvalue weighted by molar-refractivity contribution is -0.0629. The number of aromatic nitrogens is 2. The van der Waals surface area contributed by atoms with Gasteiger partial charge >= 0.3 is 5.76 Å². The minimum absolute atomic E-state index is 0.121. The second-order valence-electron chi connectivity index (χ2n) is 5.59. The summed E-state index contributed by atoms with van der Waals surface area (Å²) in [6.45, 7) is 5.73. The van der Waals surface area contributed by atoms with Crippen LogP contribution in [0.2, 0.25) is 0 Å². The summed E-state index contributed by atoms with van der Waals surface area (Å²) in [7, 11) is 0. The molecule has 0 radical (unpaired) electrons. The highest BCUT2D eigenvalue weighted by molar-refractivity contribution is 5.51. The van der Waals surface area contributed by atoms with E-state index in [2.05, 4.69) is 10.00 Å². The quantitative estimate of drug-likeness (QED) is 0.864. The van der Waals surface area contributed by atoms with Crippen molar-refractivity contribution >= 4 is 0 Å². The van der Waals surface area contributed by atoms with E-state index in [1.165, 1.54) is 28.9 Å². The average molecular weight is 307 g/mol. The number of benzene rings is 1. The standard InChI is InChI=1S/C15H18FN3O3/c1-10-8-21-11(2)7-18(10)9-19-15(20)22-14(17-19)12-3-5-13(16)6-4-12/h3-6,10-11H,7-9H2,1-2H3. The third-order valence-corrected chi connectivity index (χ3v) is 3.75. The Labute approximate surface area is 127 Å². The van der Waals surface area contributed by atoms with E-state index in [9.17, 15) is 9.18 Å². The Bertz CT molecular complexity index is 695. The van der Waals surface area contributed by atoms with Crippen molar-refractivity contribution in [3.63, 3.8) is 0 Å². The summed E-state index contributed by atoms with van der Waals surface area (Å²) < 4.78 is 24.9. The maximum atomic E-state index is 12.9. The van der Waals surface area contributed by atoms with Crippen LogP contribution in [0.3, 0.4) is 0 Å². The molecule has 118 valence electrons. The highest BCUT2D eigenvalue weighted by Crippen LogP contribution is 2.16. The molecule has 1 aromatic carbocycles. The van der Waals surface area contributed by atoms with E-state index in [1.807, 2.05) is 13.8 Å². The first-order valence-electron chi connectivity index (χ1n) is 7.22. The van der Waals surface area contributed by atoms with Crippen LogP contribution >= 0.6 is 0 Å². The predicted molar refractivity (Wildman–Crippen MR) is 77.7 cm³/mol. The lowest BCUT2D eigenvalue weighted by Crippen LogP contribution is -2.48. The Morgan fingerprint density at radius 1 is 1.32 bits per heavy atom. The fourth-order valence-electron chi connectivity index (χ4n) is 2.45. The first-order valence-corrected chi connectivity index (χ1v) is 7.22. The van der Waals surface area contributed by atoms with Gasteiger partial charge in [0.25, 0.3) is 0 Å². The molecular formula is C15H18FN3O3. The van der Waals surface area contributed by atoms with Crippen LogP contribution < -0.4 is 5.76 Å². The molecule has 7 heteroatoms. The lowest BCUT2D eigenvalue weighted by atomic mass is 10.2. The zero-order valence-electron chi connectivity index (χ0n) is 12.5. The molecule has 0 aliphatic carbocycles. The Kier molecular flexibility index (Phi) is 4.08. The summed E-state index contributed by atoms with van der Waals surface area (Å²) in [6, 6.07) is 5.88. The maximum Gasteiger partial charge on any atom is 0.438 e. The second-order valence-corrected chi connectivity index (χ2v) is 5.59. The Morgan fingerprint density at radius 2 is 2.05 bits per heavy atom. The van der Waals surface area contributed by atoms with Gasteiger partial charge < -0.3 is 9.15 Å². The normalized spacial score (nSPS) is 22.9. The van der Waals surface area contributed by atoms with Crippen molar-refractivity contribution in [3.8, 4) is 11.5 Å². The van der Waals surface area contributed by atoms with Crippen LogP contribution in [0.15, 0.2) is 33.5 Å². The third kappa shape index (κ3) is 3.10. The Hall–Kier alpha value is -1.99. The molecule has 0 amide bonds. The maximum absolute atomic E-state index is 12.9. The van der Waals surface area contributed by atoms with Crippen LogP contribution in [0.4, 0.5) is 4.39 Å². The van der Waals surface area contributed by atoms with Gasteiger partial charge in [-0.1, -0.05) is 0 Å². The monoisotopic (exact) mass is 307 g/mol. The molecule has 2 aromatic rings. The van der Waals surface area contributed by atoms with Crippen LogP contribution in [0.1, 0.15) is 13.8 Å². The van der Waals surface area contributed by atoms with Gasteiger partial charge in [0.1, 0.15) is 12.5 Å².